The molecule has 2 aromatic carbocycles. The monoisotopic (exact) mass is 400 g/mol. The van der Waals surface area contributed by atoms with Crippen molar-refractivity contribution in [3.05, 3.63) is 72.1 Å². The van der Waals surface area contributed by atoms with Crippen molar-refractivity contribution in [1.29, 1.82) is 0 Å². The van der Waals surface area contributed by atoms with E-state index < -0.39 is 0 Å². The largest absolute Gasteiger partial charge is 0.361 e. The fourth-order valence-electron chi connectivity index (χ4n) is 3.97. The quantitative estimate of drug-likeness (QED) is 0.584. The molecule has 0 atom stereocenters. The third kappa shape index (κ3) is 5.07. The SMILES string of the molecule is O=C1CCCC/C1=C/Nc1ccc(-c2ccc(N/C=C3\CCCCC3=O)cc2)cc1. The first-order valence-corrected chi connectivity index (χ1v) is 10.9. The van der Waals surface area contributed by atoms with Crippen molar-refractivity contribution in [2.24, 2.45) is 0 Å². The van der Waals surface area contributed by atoms with Gasteiger partial charge in [-0.3, -0.25) is 9.59 Å². The highest BCUT2D eigenvalue weighted by atomic mass is 16.1. The topological polar surface area (TPSA) is 58.2 Å². The highest BCUT2D eigenvalue weighted by Crippen LogP contribution is 2.25. The van der Waals surface area contributed by atoms with Gasteiger partial charge in [0.05, 0.1) is 0 Å². The molecule has 0 amide bonds. The minimum absolute atomic E-state index is 0.266. The maximum Gasteiger partial charge on any atom is 0.160 e. The van der Waals surface area contributed by atoms with E-state index in [4.69, 9.17) is 0 Å². The highest BCUT2D eigenvalue weighted by Gasteiger charge is 2.15. The van der Waals surface area contributed by atoms with Crippen LogP contribution in [-0.4, -0.2) is 11.6 Å². The van der Waals surface area contributed by atoms with Gasteiger partial charge in [0.1, 0.15) is 0 Å². The second-order valence-corrected chi connectivity index (χ2v) is 8.04. The molecule has 0 spiro atoms. The zero-order valence-electron chi connectivity index (χ0n) is 17.2. The van der Waals surface area contributed by atoms with Crippen LogP contribution in [0.3, 0.4) is 0 Å². The van der Waals surface area contributed by atoms with Gasteiger partial charge in [-0.25, -0.2) is 0 Å². The van der Waals surface area contributed by atoms with Gasteiger partial charge < -0.3 is 10.6 Å². The summed E-state index contributed by atoms with van der Waals surface area (Å²) in [5, 5.41) is 6.51. The molecule has 0 bridgehead atoms. The zero-order chi connectivity index (χ0) is 20.8. The molecule has 0 radical (unpaired) electrons. The normalized spacial score (nSPS) is 19.9. The van der Waals surface area contributed by atoms with E-state index in [1.807, 2.05) is 36.7 Å². The van der Waals surface area contributed by atoms with Crippen molar-refractivity contribution in [1.82, 2.24) is 0 Å². The van der Waals surface area contributed by atoms with E-state index >= 15 is 0 Å². The number of allylic oxidation sites excluding steroid dienone is 2. The summed E-state index contributed by atoms with van der Waals surface area (Å²) < 4.78 is 0. The Morgan fingerprint density at radius 1 is 0.533 bits per heavy atom. The standard InChI is InChI=1S/C26H28N2O2/c29-25-7-3-1-5-21(25)17-27-23-13-9-19(10-14-23)20-11-15-24(16-12-20)28-18-22-6-2-4-8-26(22)30/h9-18,27-28H,1-8H2/b21-17-,22-18+. The lowest BCUT2D eigenvalue weighted by Crippen LogP contribution is -2.09. The molecule has 2 fully saturated rings. The van der Waals surface area contributed by atoms with Crippen LogP contribution in [0.15, 0.2) is 72.1 Å². The zero-order valence-corrected chi connectivity index (χ0v) is 17.2. The number of hydrogen-bond donors (Lipinski definition) is 2. The molecule has 4 nitrogen and oxygen atoms in total. The summed E-state index contributed by atoms with van der Waals surface area (Å²) in [6.45, 7) is 0. The molecule has 0 aliphatic heterocycles. The van der Waals surface area contributed by atoms with Crippen LogP contribution in [-0.2, 0) is 9.59 Å². The van der Waals surface area contributed by atoms with Gasteiger partial charge in [0.2, 0.25) is 0 Å². The Bertz CT molecular complexity index is 888. The average Bonchev–Trinajstić information content (AvgIpc) is 2.79. The third-order valence-electron chi connectivity index (χ3n) is 5.85. The molecule has 2 saturated carbocycles. The van der Waals surface area contributed by atoms with Gasteiger partial charge in [0.15, 0.2) is 11.6 Å². The van der Waals surface area contributed by atoms with Gasteiger partial charge >= 0.3 is 0 Å². The summed E-state index contributed by atoms with van der Waals surface area (Å²) in [6, 6.07) is 16.4. The molecular weight excluding hydrogens is 372 g/mol. The molecule has 0 saturated heterocycles. The van der Waals surface area contributed by atoms with Crippen molar-refractivity contribution in [3.63, 3.8) is 0 Å². The maximum absolute atomic E-state index is 11.9. The first-order valence-electron chi connectivity index (χ1n) is 10.9. The first kappa shape index (κ1) is 20.1. The molecular formula is C26H28N2O2. The molecule has 0 unspecified atom stereocenters. The number of carbonyl (C=O) groups is 2. The van der Waals surface area contributed by atoms with Crippen LogP contribution in [0, 0.1) is 0 Å². The van der Waals surface area contributed by atoms with Crippen LogP contribution in [0.5, 0.6) is 0 Å². The number of nitrogens with one attached hydrogen (secondary N) is 2. The van der Waals surface area contributed by atoms with E-state index in [0.717, 1.165) is 72.2 Å². The molecule has 30 heavy (non-hydrogen) atoms. The minimum Gasteiger partial charge on any atom is -0.361 e. The van der Waals surface area contributed by atoms with Crippen molar-refractivity contribution < 1.29 is 9.59 Å². The van der Waals surface area contributed by atoms with E-state index in [-0.39, 0.29) is 11.6 Å². The Hall–Kier alpha value is -3.14. The minimum atomic E-state index is 0.266. The number of ketones is 2. The van der Waals surface area contributed by atoms with Crippen LogP contribution in [0.4, 0.5) is 11.4 Å². The van der Waals surface area contributed by atoms with Crippen LogP contribution in [0.2, 0.25) is 0 Å². The highest BCUT2D eigenvalue weighted by molar-refractivity contribution is 5.96. The van der Waals surface area contributed by atoms with Gasteiger partial charge in [-0.05, 0) is 73.9 Å². The summed E-state index contributed by atoms with van der Waals surface area (Å²) in [5.74, 6) is 0.533. The molecule has 2 aromatic rings. The van der Waals surface area contributed by atoms with Crippen LogP contribution in [0.1, 0.15) is 51.4 Å². The Kier molecular flexibility index (Phi) is 6.43. The summed E-state index contributed by atoms with van der Waals surface area (Å²) in [7, 11) is 0. The van der Waals surface area contributed by atoms with Crippen LogP contribution >= 0.6 is 0 Å². The molecule has 4 rings (SSSR count). The lowest BCUT2D eigenvalue weighted by molar-refractivity contribution is -0.117. The fraction of sp³-hybridized carbons (Fsp3) is 0.308. The second kappa shape index (κ2) is 9.57. The number of hydrogen-bond acceptors (Lipinski definition) is 4. The van der Waals surface area contributed by atoms with E-state index in [0.29, 0.717) is 12.8 Å². The molecule has 4 heteroatoms. The number of benzene rings is 2. The molecule has 2 N–H and O–H groups in total. The van der Waals surface area contributed by atoms with E-state index in [2.05, 4.69) is 34.9 Å². The summed E-state index contributed by atoms with van der Waals surface area (Å²) >= 11 is 0. The first-order chi connectivity index (χ1) is 14.7. The summed E-state index contributed by atoms with van der Waals surface area (Å²) in [5.41, 5.74) is 6.03. The van der Waals surface area contributed by atoms with E-state index in [1.54, 1.807) is 0 Å². The van der Waals surface area contributed by atoms with Gasteiger partial charge in [0, 0.05) is 47.8 Å². The van der Waals surface area contributed by atoms with Crippen molar-refractivity contribution >= 4 is 22.9 Å². The molecule has 2 aliphatic carbocycles. The lowest BCUT2D eigenvalue weighted by atomic mass is 9.94. The van der Waals surface area contributed by atoms with E-state index in [9.17, 15) is 9.59 Å². The van der Waals surface area contributed by atoms with Crippen LogP contribution in [0.25, 0.3) is 11.1 Å². The second-order valence-electron chi connectivity index (χ2n) is 8.04. The summed E-state index contributed by atoms with van der Waals surface area (Å²) in [4.78, 5) is 23.8. The number of carbonyl (C=O) groups excluding carboxylic acids is 2. The van der Waals surface area contributed by atoms with Crippen molar-refractivity contribution in [3.8, 4) is 11.1 Å². The number of rotatable bonds is 5. The molecule has 0 aromatic heterocycles. The molecule has 0 heterocycles. The Labute approximate surface area is 178 Å². The van der Waals surface area contributed by atoms with Gasteiger partial charge in [-0.15, -0.1) is 0 Å². The Morgan fingerprint density at radius 3 is 1.27 bits per heavy atom. The fourth-order valence-corrected chi connectivity index (χ4v) is 3.97. The van der Waals surface area contributed by atoms with Gasteiger partial charge in [-0.2, -0.15) is 0 Å². The van der Waals surface area contributed by atoms with E-state index in [1.165, 1.54) is 0 Å². The lowest BCUT2D eigenvalue weighted by Gasteiger charge is -2.13. The summed E-state index contributed by atoms with van der Waals surface area (Å²) in [6.07, 6.45) is 11.0. The van der Waals surface area contributed by atoms with Crippen molar-refractivity contribution in [2.45, 2.75) is 51.4 Å². The van der Waals surface area contributed by atoms with Gasteiger partial charge in [-0.1, -0.05) is 24.3 Å². The number of Topliss-reactive ketones (excluding diaryl/α,β-unsaturated/α-hetero) is 2. The smallest absolute Gasteiger partial charge is 0.160 e. The molecule has 2 aliphatic rings. The average molecular weight is 401 g/mol. The van der Waals surface area contributed by atoms with Gasteiger partial charge in [0.25, 0.3) is 0 Å². The maximum atomic E-state index is 11.9. The number of anilines is 2. The Balaban J connectivity index is 1.37. The van der Waals surface area contributed by atoms with Crippen molar-refractivity contribution in [2.75, 3.05) is 10.6 Å². The predicted molar refractivity (Wildman–Crippen MR) is 122 cm³/mol. The molecule has 154 valence electrons. The third-order valence-corrected chi connectivity index (χ3v) is 5.85. The Morgan fingerprint density at radius 2 is 0.900 bits per heavy atom. The van der Waals surface area contributed by atoms with Crippen LogP contribution < -0.4 is 10.6 Å². The predicted octanol–water partition coefficient (Wildman–Crippen LogP) is 6.23.